The molecule has 1 atom stereocenters. The van der Waals surface area contributed by atoms with Crippen LogP contribution in [-0.4, -0.2) is 26.2 Å². The van der Waals surface area contributed by atoms with Crippen molar-refractivity contribution < 1.29 is 13.5 Å². The van der Waals surface area contributed by atoms with E-state index in [1.54, 1.807) is 12.1 Å². The molecule has 0 heterocycles. The summed E-state index contributed by atoms with van der Waals surface area (Å²) in [5.41, 5.74) is 0.958. The van der Waals surface area contributed by atoms with Crippen molar-refractivity contribution in [3.05, 3.63) is 29.8 Å². The Morgan fingerprint density at radius 3 is 2.47 bits per heavy atom. The molecule has 1 aromatic rings. The molecule has 0 aromatic heterocycles. The second kappa shape index (κ2) is 5.77. The molecule has 0 aliphatic carbocycles. The van der Waals surface area contributed by atoms with Crippen molar-refractivity contribution in [1.82, 2.24) is 4.72 Å². The van der Waals surface area contributed by atoms with Crippen LogP contribution >= 0.6 is 0 Å². The first kappa shape index (κ1) is 13.6. The Labute approximate surface area is 101 Å². The quantitative estimate of drug-likeness (QED) is 0.802. The largest absolute Gasteiger partial charge is 0.395 e. The second-order valence-corrected chi connectivity index (χ2v) is 5.39. The van der Waals surface area contributed by atoms with E-state index in [9.17, 15) is 8.42 Å². The average molecular weight is 254 g/mol. The average Bonchev–Trinajstić information content (AvgIpc) is 2.28. The third kappa shape index (κ3) is 3.82. The van der Waals surface area contributed by atoms with Crippen molar-refractivity contribution in [3.8, 4) is 6.07 Å². The molecule has 6 heteroatoms. The van der Waals surface area contributed by atoms with E-state index in [-0.39, 0.29) is 11.3 Å². The first-order valence-electron chi connectivity index (χ1n) is 5.06. The minimum Gasteiger partial charge on any atom is -0.395 e. The van der Waals surface area contributed by atoms with Gasteiger partial charge in [0.2, 0.25) is 10.0 Å². The summed E-state index contributed by atoms with van der Waals surface area (Å²) < 4.78 is 26.0. The van der Waals surface area contributed by atoms with Gasteiger partial charge in [-0.2, -0.15) is 5.26 Å². The smallest absolute Gasteiger partial charge is 0.240 e. The highest BCUT2D eigenvalue weighted by molar-refractivity contribution is 7.89. The molecule has 92 valence electrons. The molecule has 2 N–H and O–H groups in total. The van der Waals surface area contributed by atoms with Crippen LogP contribution in [0.15, 0.2) is 29.2 Å². The van der Waals surface area contributed by atoms with Gasteiger partial charge in [0.15, 0.2) is 0 Å². The van der Waals surface area contributed by atoms with Gasteiger partial charge in [-0.3, -0.25) is 0 Å². The summed E-state index contributed by atoms with van der Waals surface area (Å²) in [7, 11) is -3.67. The van der Waals surface area contributed by atoms with E-state index in [0.29, 0.717) is 0 Å². The van der Waals surface area contributed by atoms with Crippen molar-refractivity contribution in [1.29, 1.82) is 5.26 Å². The number of aryl methyl sites for hydroxylation is 1. The number of hydrogen-bond donors (Lipinski definition) is 2. The van der Waals surface area contributed by atoms with Crippen LogP contribution in [0.5, 0.6) is 0 Å². The van der Waals surface area contributed by atoms with Gasteiger partial charge in [0.1, 0.15) is 0 Å². The Morgan fingerprint density at radius 1 is 1.41 bits per heavy atom. The van der Waals surface area contributed by atoms with E-state index in [1.807, 2.05) is 13.0 Å². The van der Waals surface area contributed by atoms with Gasteiger partial charge < -0.3 is 5.11 Å². The van der Waals surface area contributed by atoms with E-state index >= 15 is 0 Å². The van der Waals surface area contributed by atoms with Gasteiger partial charge in [-0.25, -0.2) is 13.1 Å². The maximum atomic E-state index is 11.9. The zero-order valence-corrected chi connectivity index (χ0v) is 10.2. The van der Waals surface area contributed by atoms with Crippen molar-refractivity contribution in [3.63, 3.8) is 0 Å². The lowest BCUT2D eigenvalue weighted by atomic mass is 10.2. The molecule has 0 saturated carbocycles. The maximum Gasteiger partial charge on any atom is 0.240 e. The van der Waals surface area contributed by atoms with Gasteiger partial charge >= 0.3 is 0 Å². The van der Waals surface area contributed by atoms with Crippen LogP contribution in [0.3, 0.4) is 0 Å². The molecule has 0 amide bonds. The van der Waals surface area contributed by atoms with Crippen LogP contribution in [-0.2, 0) is 10.0 Å². The number of benzene rings is 1. The zero-order valence-electron chi connectivity index (χ0n) is 9.42. The molecule has 0 fully saturated rings. The topological polar surface area (TPSA) is 90.2 Å². The molecule has 1 aromatic carbocycles. The van der Waals surface area contributed by atoms with Gasteiger partial charge in [0.05, 0.1) is 30.0 Å². The van der Waals surface area contributed by atoms with Gasteiger partial charge in [0, 0.05) is 0 Å². The van der Waals surface area contributed by atoms with Crippen molar-refractivity contribution in [2.24, 2.45) is 0 Å². The molecular weight excluding hydrogens is 240 g/mol. The standard InChI is InChI=1S/C11H14N2O3S/c1-9-2-4-11(5-3-9)17(15,16)13-10(8-14)6-7-12/h2-5,10,13-14H,6,8H2,1H3. The highest BCUT2D eigenvalue weighted by Crippen LogP contribution is 2.10. The molecule has 0 bridgehead atoms. The molecule has 17 heavy (non-hydrogen) atoms. The predicted octanol–water partition coefficient (Wildman–Crippen LogP) is 0.548. The summed E-state index contributed by atoms with van der Waals surface area (Å²) in [6.45, 7) is 1.45. The third-order valence-electron chi connectivity index (χ3n) is 2.21. The highest BCUT2D eigenvalue weighted by Gasteiger charge is 2.19. The van der Waals surface area contributed by atoms with E-state index in [1.165, 1.54) is 12.1 Å². The van der Waals surface area contributed by atoms with E-state index in [4.69, 9.17) is 10.4 Å². The molecule has 0 spiro atoms. The monoisotopic (exact) mass is 254 g/mol. The summed E-state index contributed by atoms with van der Waals surface area (Å²) in [6.07, 6.45) is -0.0679. The summed E-state index contributed by atoms with van der Waals surface area (Å²) >= 11 is 0. The Morgan fingerprint density at radius 2 is 2.00 bits per heavy atom. The molecule has 0 saturated heterocycles. The minimum atomic E-state index is -3.67. The number of nitrogens with zero attached hydrogens (tertiary/aromatic N) is 1. The molecule has 1 rings (SSSR count). The number of sulfonamides is 1. The van der Waals surface area contributed by atoms with E-state index in [0.717, 1.165) is 5.56 Å². The van der Waals surface area contributed by atoms with Gasteiger partial charge in [-0.05, 0) is 19.1 Å². The Hall–Kier alpha value is -1.42. The number of aliphatic hydroxyl groups is 1. The fraction of sp³-hybridized carbons (Fsp3) is 0.364. The summed E-state index contributed by atoms with van der Waals surface area (Å²) in [6, 6.07) is 7.39. The Kier molecular flexibility index (Phi) is 4.63. The van der Waals surface area contributed by atoms with E-state index < -0.39 is 22.7 Å². The lowest BCUT2D eigenvalue weighted by Crippen LogP contribution is -2.37. The molecule has 0 aliphatic rings. The molecule has 0 radical (unpaired) electrons. The van der Waals surface area contributed by atoms with Gasteiger partial charge in [-0.15, -0.1) is 0 Å². The van der Waals surface area contributed by atoms with Crippen LogP contribution in [0.1, 0.15) is 12.0 Å². The summed E-state index contributed by atoms with van der Waals surface area (Å²) in [4.78, 5) is 0.125. The number of nitriles is 1. The number of nitrogens with one attached hydrogen (secondary N) is 1. The third-order valence-corrected chi connectivity index (χ3v) is 3.75. The molecule has 5 nitrogen and oxygen atoms in total. The Balaban J connectivity index is 2.89. The maximum absolute atomic E-state index is 11.9. The predicted molar refractivity (Wildman–Crippen MR) is 62.6 cm³/mol. The molecular formula is C11H14N2O3S. The lowest BCUT2D eigenvalue weighted by Gasteiger charge is -2.13. The van der Waals surface area contributed by atoms with Crippen LogP contribution in [0.4, 0.5) is 0 Å². The normalized spacial score (nSPS) is 13.0. The number of aliphatic hydroxyl groups excluding tert-OH is 1. The Bertz CT molecular complexity index is 503. The molecule has 1 unspecified atom stereocenters. The minimum absolute atomic E-state index is 0.0679. The van der Waals surface area contributed by atoms with Crippen molar-refractivity contribution in [2.45, 2.75) is 24.3 Å². The number of hydrogen-bond acceptors (Lipinski definition) is 4. The lowest BCUT2D eigenvalue weighted by molar-refractivity contribution is 0.258. The first-order chi connectivity index (χ1) is 7.99. The fourth-order valence-electron chi connectivity index (χ4n) is 1.26. The summed E-state index contributed by atoms with van der Waals surface area (Å²) in [5, 5.41) is 17.4. The van der Waals surface area contributed by atoms with Crippen LogP contribution in [0.25, 0.3) is 0 Å². The van der Waals surface area contributed by atoms with Crippen molar-refractivity contribution >= 4 is 10.0 Å². The van der Waals surface area contributed by atoms with Crippen LogP contribution in [0, 0.1) is 18.3 Å². The fourth-order valence-corrected chi connectivity index (χ4v) is 2.49. The van der Waals surface area contributed by atoms with E-state index in [2.05, 4.69) is 4.72 Å². The van der Waals surface area contributed by atoms with Gasteiger partial charge in [-0.1, -0.05) is 17.7 Å². The first-order valence-corrected chi connectivity index (χ1v) is 6.54. The SMILES string of the molecule is Cc1ccc(S(=O)(=O)NC(CO)CC#N)cc1. The van der Waals surface area contributed by atoms with Crippen molar-refractivity contribution in [2.75, 3.05) is 6.61 Å². The molecule has 0 aliphatic heterocycles. The van der Waals surface area contributed by atoms with Crippen LogP contribution < -0.4 is 4.72 Å². The van der Waals surface area contributed by atoms with Crippen LogP contribution in [0.2, 0.25) is 0 Å². The highest BCUT2D eigenvalue weighted by atomic mass is 32.2. The number of rotatable bonds is 5. The summed E-state index contributed by atoms with van der Waals surface area (Å²) in [5.74, 6) is 0. The van der Waals surface area contributed by atoms with Gasteiger partial charge in [0.25, 0.3) is 0 Å². The zero-order chi connectivity index (χ0) is 12.9. The second-order valence-electron chi connectivity index (χ2n) is 3.68.